The molecule has 1 aliphatic heterocycles. The van der Waals surface area contributed by atoms with E-state index in [1.807, 2.05) is 0 Å². The summed E-state index contributed by atoms with van der Waals surface area (Å²) >= 11 is 0. The fourth-order valence-corrected chi connectivity index (χ4v) is 2.29. The number of aliphatic hydroxyl groups excluding tert-OH is 1. The molecule has 1 heterocycles. The Morgan fingerprint density at radius 1 is 1.35 bits per heavy atom. The number of aliphatic hydroxyl groups is 1. The molecule has 1 aliphatic rings. The van der Waals surface area contributed by atoms with Crippen LogP contribution in [0.15, 0.2) is 18.2 Å². The minimum Gasteiger partial charge on any atom is -0.396 e. The van der Waals surface area contributed by atoms with Crippen LogP contribution in [0.5, 0.6) is 0 Å². The number of likely N-dealkylation sites (tertiary alicyclic amines) is 1. The van der Waals surface area contributed by atoms with E-state index in [1.54, 1.807) is 0 Å². The molecule has 0 spiro atoms. The van der Waals surface area contributed by atoms with Crippen molar-refractivity contribution < 1.29 is 27.5 Å². The summed E-state index contributed by atoms with van der Waals surface area (Å²) in [5, 5.41) is 8.98. The van der Waals surface area contributed by atoms with Gasteiger partial charge in [-0.25, -0.2) is 4.39 Å². The summed E-state index contributed by atoms with van der Waals surface area (Å²) in [6.45, 7) is -0.202. The molecular weight excluding hydrogens is 278 g/mol. The summed E-state index contributed by atoms with van der Waals surface area (Å²) in [6.07, 6.45) is -4.55. The van der Waals surface area contributed by atoms with Gasteiger partial charge in [0.05, 0.1) is 5.56 Å². The van der Waals surface area contributed by atoms with Crippen LogP contribution < -0.4 is 0 Å². The van der Waals surface area contributed by atoms with E-state index in [0.29, 0.717) is 6.07 Å². The Morgan fingerprint density at radius 3 is 2.60 bits per heavy atom. The van der Waals surface area contributed by atoms with Gasteiger partial charge in [0.2, 0.25) is 5.91 Å². The van der Waals surface area contributed by atoms with E-state index in [2.05, 4.69) is 0 Å². The summed E-state index contributed by atoms with van der Waals surface area (Å²) in [5.74, 6) is -1.53. The maximum Gasteiger partial charge on any atom is 0.416 e. The molecule has 1 aromatic carbocycles. The zero-order valence-electron chi connectivity index (χ0n) is 10.5. The third-order valence-corrected chi connectivity index (χ3v) is 3.29. The number of halogens is 4. The van der Waals surface area contributed by atoms with E-state index in [1.165, 1.54) is 4.90 Å². The molecule has 1 aromatic rings. The highest BCUT2D eigenvalue weighted by atomic mass is 19.4. The smallest absolute Gasteiger partial charge is 0.396 e. The van der Waals surface area contributed by atoms with Gasteiger partial charge in [0, 0.05) is 32.0 Å². The van der Waals surface area contributed by atoms with E-state index in [-0.39, 0.29) is 43.5 Å². The van der Waals surface area contributed by atoms with Crippen molar-refractivity contribution in [2.75, 3.05) is 13.2 Å². The third-order valence-electron chi connectivity index (χ3n) is 3.29. The summed E-state index contributed by atoms with van der Waals surface area (Å²) in [5.41, 5.74) is -1.22. The molecule has 2 rings (SSSR count). The number of rotatable bonds is 3. The number of hydrogen-bond donors (Lipinski definition) is 1. The Kier molecular flexibility index (Phi) is 3.99. The maximum atomic E-state index is 13.0. The Balaban J connectivity index is 2.24. The second-order valence-electron chi connectivity index (χ2n) is 4.83. The monoisotopic (exact) mass is 291 g/mol. The van der Waals surface area contributed by atoms with E-state index in [9.17, 15) is 22.4 Å². The number of amides is 1. The molecule has 0 aromatic heterocycles. The lowest BCUT2D eigenvalue weighted by molar-refractivity contribution is -0.139. The molecule has 1 fully saturated rings. The molecule has 0 aliphatic carbocycles. The summed E-state index contributed by atoms with van der Waals surface area (Å²) in [7, 11) is 0. The number of benzene rings is 1. The molecule has 3 nitrogen and oxygen atoms in total. The van der Waals surface area contributed by atoms with Crippen molar-refractivity contribution >= 4 is 5.91 Å². The second kappa shape index (κ2) is 5.40. The average molecular weight is 291 g/mol. The van der Waals surface area contributed by atoms with E-state index >= 15 is 0 Å². The van der Waals surface area contributed by atoms with Crippen molar-refractivity contribution in [1.29, 1.82) is 0 Å². The lowest BCUT2D eigenvalue weighted by atomic mass is 10.1. The normalized spacial score (nSPS) is 19.8. The van der Waals surface area contributed by atoms with E-state index < -0.39 is 17.6 Å². The first-order chi connectivity index (χ1) is 9.31. The van der Waals surface area contributed by atoms with Crippen molar-refractivity contribution in [3.05, 3.63) is 35.1 Å². The van der Waals surface area contributed by atoms with Crippen LogP contribution in [0, 0.1) is 11.7 Å². The first-order valence-electron chi connectivity index (χ1n) is 6.05. The Labute approximate surface area is 112 Å². The highest BCUT2D eigenvalue weighted by Gasteiger charge is 2.36. The van der Waals surface area contributed by atoms with Crippen molar-refractivity contribution in [3.8, 4) is 0 Å². The molecule has 7 heteroatoms. The SMILES string of the molecule is O=C1CC(CO)CN1Cc1ccc(F)cc1C(F)(F)F. The molecule has 20 heavy (non-hydrogen) atoms. The minimum absolute atomic E-state index is 0.124. The quantitative estimate of drug-likeness (QED) is 0.867. The van der Waals surface area contributed by atoms with E-state index in [4.69, 9.17) is 5.11 Å². The van der Waals surface area contributed by atoms with Gasteiger partial charge in [-0.15, -0.1) is 0 Å². The predicted octanol–water partition coefficient (Wildman–Crippen LogP) is 2.19. The standard InChI is InChI=1S/C13H13F4NO2/c14-10-2-1-9(11(4-10)13(15,16)17)6-18-5-8(7-19)3-12(18)20/h1-2,4,8,19H,3,5-7H2. The molecular formula is C13H13F4NO2. The lowest BCUT2D eigenvalue weighted by Gasteiger charge is -2.20. The average Bonchev–Trinajstić information content (AvgIpc) is 2.71. The van der Waals surface area contributed by atoms with E-state index in [0.717, 1.165) is 12.1 Å². The summed E-state index contributed by atoms with van der Waals surface area (Å²) in [6, 6.07) is 2.41. The predicted molar refractivity (Wildman–Crippen MR) is 62.0 cm³/mol. The van der Waals surface area contributed by atoms with Gasteiger partial charge in [0.25, 0.3) is 0 Å². The zero-order valence-corrected chi connectivity index (χ0v) is 10.5. The highest BCUT2D eigenvalue weighted by Crippen LogP contribution is 2.33. The molecule has 1 atom stereocenters. The summed E-state index contributed by atoms with van der Waals surface area (Å²) < 4.78 is 51.5. The van der Waals surface area contributed by atoms with Crippen molar-refractivity contribution in [3.63, 3.8) is 0 Å². The lowest BCUT2D eigenvalue weighted by Crippen LogP contribution is -2.26. The third kappa shape index (κ3) is 3.09. The molecule has 1 saturated heterocycles. The van der Waals surface area contributed by atoms with Gasteiger partial charge >= 0.3 is 6.18 Å². The van der Waals surface area contributed by atoms with Crippen LogP contribution in [-0.2, 0) is 17.5 Å². The van der Waals surface area contributed by atoms with Gasteiger partial charge in [-0.1, -0.05) is 6.07 Å². The number of carbonyl (C=O) groups excluding carboxylic acids is 1. The fraction of sp³-hybridized carbons (Fsp3) is 0.462. The Morgan fingerprint density at radius 2 is 2.05 bits per heavy atom. The van der Waals surface area contributed by atoms with Crippen LogP contribution in [-0.4, -0.2) is 29.1 Å². The highest BCUT2D eigenvalue weighted by molar-refractivity contribution is 5.78. The van der Waals surface area contributed by atoms with Crippen molar-refractivity contribution in [2.24, 2.45) is 5.92 Å². The number of nitrogens with zero attached hydrogens (tertiary/aromatic N) is 1. The first-order valence-corrected chi connectivity index (χ1v) is 6.05. The molecule has 1 N–H and O–H groups in total. The van der Waals surface area contributed by atoms with Crippen molar-refractivity contribution in [2.45, 2.75) is 19.1 Å². The van der Waals surface area contributed by atoms with Crippen LogP contribution in [0.2, 0.25) is 0 Å². The maximum absolute atomic E-state index is 13.0. The van der Waals surface area contributed by atoms with Crippen LogP contribution in [0.25, 0.3) is 0 Å². The molecule has 1 unspecified atom stereocenters. The number of hydrogen-bond acceptors (Lipinski definition) is 2. The van der Waals surface area contributed by atoms with Gasteiger partial charge in [-0.3, -0.25) is 4.79 Å². The van der Waals surface area contributed by atoms with Crippen LogP contribution >= 0.6 is 0 Å². The molecule has 0 radical (unpaired) electrons. The largest absolute Gasteiger partial charge is 0.416 e. The number of carbonyl (C=O) groups is 1. The van der Waals surface area contributed by atoms with Crippen LogP contribution in [0.1, 0.15) is 17.5 Å². The van der Waals surface area contributed by atoms with Gasteiger partial charge in [-0.05, 0) is 17.7 Å². The Hall–Kier alpha value is -1.63. The van der Waals surface area contributed by atoms with Crippen molar-refractivity contribution in [1.82, 2.24) is 4.90 Å². The molecule has 1 amide bonds. The Bertz CT molecular complexity index is 516. The van der Waals surface area contributed by atoms with Crippen LogP contribution in [0.3, 0.4) is 0 Å². The summed E-state index contributed by atoms with van der Waals surface area (Å²) in [4.78, 5) is 12.9. The van der Waals surface area contributed by atoms with Gasteiger partial charge in [-0.2, -0.15) is 13.2 Å². The van der Waals surface area contributed by atoms with Gasteiger partial charge in [0.1, 0.15) is 5.82 Å². The molecule has 0 bridgehead atoms. The second-order valence-corrected chi connectivity index (χ2v) is 4.83. The molecule has 110 valence electrons. The molecule has 0 saturated carbocycles. The zero-order chi connectivity index (χ0) is 14.9. The van der Waals surface area contributed by atoms with Gasteiger partial charge in [0.15, 0.2) is 0 Å². The minimum atomic E-state index is -4.67. The van der Waals surface area contributed by atoms with Crippen LogP contribution in [0.4, 0.5) is 17.6 Å². The first kappa shape index (κ1) is 14.8. The topological polar surface area (TPSA) is 40.5 Å². The fourth-order valence-electron chi connectivity index (χ4n) is 2.29. The number of alkyl halides is 3. The van der Waals surface area contributed by atoms with Gasteiger partial charge < -0.3 is 10.0 Å².